The van der Waals surface area contributed by atoms with Crippen LogP contribution in [0.4, 0.5) is 51.2 Å². The van der Waals surface area contributed by atoms with E-state index in [-0.39, 0.29) is 5.41 Å². The van der Waals surface area contributed by atoms with Gasteiger partial charge in [0.2, 0.25) is 0 Å². The summed E-state index contributed by atoms with van der Waals surface area (Å²) in [4.78, 5) is 23.1. The zero-order valence-corrected chi connectivity index (χ0v) is 40.5. The van der Waals surface area contributed by atoms with Gasteiger partial charge in [-0.25, -0.2) is 15.0 Å². The van der Waals surface area contributed by atoms with Crippen molar-refractivity contribution in [3.05, 3.63) is 242 Å². The quantitative estimate of drug-likeness (QED) is 0.159. The summed E-state index contributed by atoms with van der Waals surface area (Å²) in [6.45, 7) is 0. The molecule has 10 aromatic rings. The van der Waals surface area contributed by atoms with Gasteiger partial charge in [-0.05, 0) is 163 Å². The highest BCUT2D eigenvalue weighted by Crippen LogP contribution is 2.69. The SMILES string of the molecule is c1ccc(-c2nc(-c3ccc(-c4ccc(N5c6ccccc6N(c6ccccc6)c6ccccc65)cc4)cc3)nc(-c3ccc4c(c3)C3(c5ccccc5N4c4ccccc4)C4CC5CC(C4)CC3C5)n2)cc1. The molecule has 6 aliphatic rings. The highest BCUT2D eigenvalue weighted by Gasteiger charge is 2.61. The molecule has 4 bridgehead atoms. The highest BCUT2D eigenvalue weighted by atomic mass is 15.3. The summed E-state index contributed by atoms with van der Waals surface area (Å²) < 4.78 is 0. The molecular formula is C67H52N6. The molecule has 16 rings (SSSR count). The second-order valence-electron chi connectivity index (χ2n) is 20.9. The molecule has 0 atom stereocenters. The second-order valence-corrected chi connectivity index (χ2v) is 20.9. The van der Waals surface area contributed by atoms with Crippen LogP contribution in [-0.2, 0) is 5.41 Å². The molecule has 350 valence electrons. The number of rotatable bonds is 7. The van der Waals surface area contributed by atoms with Crippen molar-refractivity contribution >= 4 is 51.2 Å². The molecule has 0 radical (unpaired) electrons. The van der Waals surface area contributed by atoms with Crippen LogP contribution in [0.2, 0.25) is 0 Å². The van der Waals surface area contributed by atoms with Crippen LogP contribution in [0.1, 0.15) is 43.2 Å². The molecule has 4 aliphatic carbocycles. The van der Waals surface area contributed by atoms with Gasteiger partial charge in [0.05, 0.1) is 34.1 Å². The maximum Gasteiger partial charge on any atom is 0.164 e. The molecule has 0 unspecified atom stereocenters. The van der Waals surface area contributed by atoms with E-state index in [1.807, 2.05) is 6.07 Å². The molecular weight excluding hydrogens is 889 g/mol. The summed E-state index contributed by atoms with van der Waals surface area (Å²) in [5.74, 6) is 4.92. The van der Waals surface area contributed by atoms with Crippen LogP contribution in [0.15, 0.2) is 231 Å². The third-order valence-corrected chi connectivity index (χ3v) is 17.0. The zero-order chi connectivity index (χ0) is 48.0. The molecule has 0 saturated heterocycles. The fourth-order valence-electron chi connectivity index (χ4n) is 14.2. The van der Waals surface area contributed by atoms with Gasteiger partial charge in [-0.3, -0.25) is 0 Å². The maximum absolute atomic E-state index is 5.38. The van der Waals surface area contributed by atoms with E-state index in [4.69, 9.17) is 15.0 Å². The third-order valence-electron chi connectivity index (χ3n) is 17.0. The standard InChI is InChI=1S/C67H52N6/c1-4-16-48(17-5-1)64-68-65(49-30-28-46(29-31-49)47-32-35-55(36-33-47)73-62-26-14-12-24-60(62)72(54-20-8-3-9-21-54)61-25-13-15-27-63(61)73)70-66(69-64)50-34-37-59-57(43-50)67(51-39-44-38-45(41-51)42-52(67)40-44)56-22-10-11-23-58(56)71(59)53-18-6-2-7-19-53/h1-37,43-45,51-52H,38-42H2. The molecule has 6 nitrogen and oxygen atoms in total. The van der Waals surface area contributed by atoms with Crippen LogP contribution >= 0.6 is 0 Å². The van der Waals surface area contributed by atoms with Gasteiger partial charge < -0.3 is 14.7 Å². The lowest BCUT2D eigenvalue weighted by Crippen LogP contribution is -2.57. The molecule has 73 heavy (non-hydrogen) atoms. The van der Waals surface area contributed by atoms with Crippen LogP contribution in [0.25, 0.3) is 45.3 Å². The van der Waals surface area contributed by atoms with Crippen LogP contribution in [0, 0.1) is 23.7 Å². The first-order chi connectivity index (χ1) is 36.2. The van der Waals surface area contributed by atoms with Crippen LogP contribution in [0.3, 0.4) is 0 Å². The van der Waals surface area contributed by atoms with Crippen molar-refractivity contribution in [1.82, 2.24) is 15.0 Å². The minimum absolute atomic E-state index is 0.0703. The highest BCUT2D eigenvalue weighted by molar-refractivity contribution is 6.01. The van der Waals surface area contributed by atoms with Gasteiger partial charge in [0.1, 0.15) is 0 Å². The second kappa shape index (κ2) is 16.7. The predicted octanol–water partition coefficient (Wildman–Crippen LogP) is 17.3. The first kappa shape index (κ1) is 42.1. The number of fused-ring (bicyclic) bond motifs is 4. The fourth-order valence-corrected chi connectivity index (χ4v) is 14.2. The lowest BCUT2D eigenvalue weighted by molar-refractivity contribution is -0.0419. The Bertz CT molecular complexity index is 3630. The van der Waals surface area contributed by atoms with E-state index in [1.165, 1.54) is 60.3 Å². The fraction of sp³-hybridized carbons (Fsp3) is 0.149. The monoisotopic (exact) mass is 940 g/mol. The maximum atomic E-state index is 5.38. The van der Waals surface area contributed by atoms with E-state index in [0.29, 0.717) is 29.3 Å². The molecule has 0 N–H and O–H groups in total. The topological polar surface area (TPSA) is 48.4 Å². The van der Waals surface area contributed by atoms with Gasteiger partial charge in [0.25, 0.3) is 0 Å². The van der Waals surface area contributed by atoms with Crippen molar-refractivity contribution in [3.8, 4) is 45.3 Å². The van der Waals surface area contributed by atoms with Crippen molar-refractivity contribution in [2.75, 3.05) is 14.7 Å². The summed E-state index contributed by atoms with van der Waals surface area (Å²) in [6, 6.07) is 83.4. The number of aromatic nitrogens is 3. The molecule has 0 amide bonds. The Morgan fingerprint density at radius 1 is 0.288 bits per heavy atom. The predicted molar refractivity (Wildman–Crippen MR) is 297 cm³/mol. The van der Waals surface area contributed by atoms with Crippen LogP contribution < -0.4 is 14.7 Å². The number of benzene rings is 9. The van der Waals surface area contributed by atoms with Crippen LogP contribution in [-0.4, -0.2) is 15.0 Å². The Morgan fingerprint density at radius 3 is 1.16 bits per heavy atom. The average molecular weight is 941 g/mol. The molecule has 2 aliphatic heterocycles. The largest absolute Gasteiger partial charge is 0.310 e. The summed E-state index contributed by atoms with van der Waals surface area (Å²) in [7, 11) is 0. The lowest BCUT2D eigenvalue weighted by atomic mass is 9.41. The molecule has 1 spiro atoms. The van der Waals surface area contributed by atoms with Crippen molar-refractivity contribution in [2.45, 2.75) is 37.5 Å². The minimum atomic E-state index is -0.0703. The first-order valence-electron chi connectivity index (χ1n) is 26.1. The smallest absolute Gasteiger partial charge is 0.164 e. The van der Waals surface area contributed by atoms with Gasteiger partial charge in [-0.15, -0.1) is 0 Å². The van der Waals surface area contributed by atoms with Crippen LogP contribution in [0.5, 0.6) is 0 Å². The third kappa shape index (κ3) is 6.66. The number of nitrogens with zero attached hydrogens (tertiary/aromatic N) is 6. The average Bonchev–Trinajstić information content (AvgIpc) is 3.46. The zero-order valence-electron chi connectivity index (χ0n) is 40.5. The Hall–Kier alpha value is -8.61. The Kier molecular flexibility index (Phi) is 9.66. The van der Waals surface area contributed by atoms with E-state index >= 15 is 0 Å². The molecule has 4 fully saturated rings. The van der Waals surface area contributed by atoms with Gasteiger partial charge >= 0.3 is 0 Å². The summed E-state index contributed by atoms with van der Waals surface area (Å²) >= 11 is 0. The van der Waals surface area contributed by atoms with E-state index in [9.17, 15) is 0 Å². The number of anilines is 9. The summed E-state index contributed by atoms with van der Waals surface area (Å²) in [6.07, 6.45) is 6.63. The number of hydrogen-bond acceptors (Lipinski definition) is 6. The molecule has 3 heterocycles. The number of para-hydroxylation sites is 7. The Morgan fingerprint density at radius 2 is 0.644 bits per heavy atom. The molecule has 4 saturated carbocycles. The minimum Gasteiger partial charge on any atom is -0.310 e. The Labute approximate surface area is 427 Å². The molecule has 6 heteroatoms. The van der Waals surface area contributed by atoms with E-state index < -0.39 is 0 Å². The van der Waals surface area contributed by atoms with Crippen molar-refractivity contribution in [3.63, 3.8) is 0 Å². The van der Waals surface area contributed by atoms with Gasteiger partial charge in [0, 0.05) is 39.2 Å². The normalized spacial score (nSPS) is 20.8. The van der Waals surface area contributed by atoms with Crippen molar-refractivity contribution in [2.24, 2.45) is 23.7 Å². The van der Waals surface area contributed by atoms with Crippen molar-refractivity contribution in [1.29, 1.82) is 0 Å². The Balaban J connectivity index is 0.805. The van der Waals surface area contributed by atoms with Gasteiger partial charge in [-0.1, -0.05) is 146 Å². The van der Waals surface area contributed by atoms with E-state index in [2.05, 4.69) is 239 Å². The lowest BCUT2D eigenvalue weighted by Gasteiger charge is -2.64. The molecule has 1 aromatic heterocycles. The van der Waals surface area contributed by atoms with E-state index in [1.54, 1.807) is 0 Å². The van der Waals surface area contributed by atoms with E-state index in [0.717, 1.165) is 73.8 Å². The summed E-state index contributed by atoms with van der Waals surface area (Å²) in [5.41, 5.74) is 18.6. The molecule has 9 aromatic carbocycles. The number of hydrogen-bond donors (Lipinski definition) is 0. The van der Waals surface area contributed by atoms with Gasteiger partial charge in [0.15, 0.2) is 17.5 Å². The van der Waals surface area contributed by atoms with Gasteiger partial charge in [-0.2, -0.15) is 0 Å². The van der Waals surface area contributed by atoms with Crippen molar-refractivity contribution < 1.29 is 0 Å². The summed E-state index contributed by atoms with van der Waals surface area (Å²) in [5, 5.41) is 0. The first-order valence-corrected chi connectivity index (χ1v) is 26.1.